The van der Waals surface area contributed by atoms with Gasteiger partial charge in [-0.15, -0.1) is 0 Å². The lowest BCUT2D eigenvalue weighted by Gasteiger charge is -2.11. The molecule has 0 aromatic heterocycles. The van der Waals surface area contributed by atoms with Gasteiger partial charge < -0.3 is 19.4 Å². The van der Waals surface area contributed by atoms with Crippen molar-refractivity contribution in [2.24, 2.45) is 0 Å². The number of benzene rings is 1. The first kappa shape index (κ1) is 18.1. The van der Waals surface area contributed by atoms with Crippen molar-refractivity contribution < 1.29 is 27.8 Å². The lowest BCUT2D eigenvalue weighted by Crippen LogP contribution is -2.26. The van der Waals surface area contributed by atoms with Crippen molar-refractivity contribution >= 4 is 22.1 Å². The number of hydrogen-bond donors (Lipinski definition) is 1. The van der Waals surface area contributed by atoms with Crippen LogP contribution in [0.2, 0.25) is 0 Å². The number of ether oxygens (including phenoxy) is 2. The van der Waals surface area contributed by atoms with Crippen LogP contribution in [0, 0.1) is 0 Å². The third-order valence-corrected chi connectivity index (χ3v) is 4.19. The van der Waals surface area contributed by atoms with Gasteiger partial charge in [0.15, 0.2) is 0 Å². The van der Waals surface area contributed by atoms with Crippen LogP contribution in [0.25, 0.3) is 6.08 Å². The van der Waals surface area contributed by atoms with E-state index >= 15 is 0 Å². The van der Waals surface area contributed by atoms with Crippen LogP contribution in [-0.2, 0) is 19.6 Å². The molecule has 0 saturated heterocycles. The Bertz CT molecular complexity index is 639. The number of hydrogen-bond acceptors (Lipinski definition) is 6. The molecule has 0 aliphatic heterocycles. The van der Waals surface area contributed by atoms with Crippen LogP contribution in [-0.4, -0.2) is 41.8 Å². The summed E-state index contributed by atoms with van der Waals surface area (Å²) in [5.41, 5.74) is 0.405. The fraction of sp³-hybridized carbons (Fsp3) is 0.357. The first-order valence-electron chi connectivity index (χ1n) is 6.46. The summed E-state index contributed by atoms with van der Waals surface area (Å²) in [6, 6.07) is 4.33. The van der Waals surface area contributed by atoms with Crippen LogP contribution in [0.1, 0.15) is 12.0 Å². The zero-order valence-corrected chi connectivity index (χ0v) is 13.2. The Morgan fingerprint density at radius 3 is 2.68 bits per heavy atom. The van der Waals surface area contributed by atoms with E-state index in [-0.39, 0.29) is 17.2 Å². The van der Waals surface area contributed by atoms with Gasteiger partial charge in [0.1, 0.15) is 10.6 Å². The summed E-state index contributed by atoms with van der Waals surface area (Å²) in [6.07, 6.45) is 2.60. The first-order chi connectivity index (χ1) is 10.4. The van der Waals surface area contributed by atoms with Crippen molar-refractivity contribution in [2.75, 3.05) is 27.4 Å². The van der Waals surface area contributed by atoms with Crippen molar-refractivity contribution in [3.8, 4) is 5.75 Å². The van der Waals surface area contributed by atoms with E-state index in [0.717, 1.165) is 6.08 Å². The van der Waals surface area contributed by atoms with Gasteiger partial charge in [-0.05, 0) is 30.2 Å². The third-order valence-electron chi connectivity index (χ3n) is 2.71. The van der Waals surface area contributed by atoms with Gasteiger partial charge in [-0.1, -0.05) is 12.1 Å². The highest BCUT2D eigenvalue weighted by Crippen LogP contribution is 2.25. The second-order valence-corrected chi connectivity index (χ2v) is 6.04. The SMILES string of the molecule is COCCCNS(=O)(=O)c1cc(/C=C/C(=O)[O-])ccc1OC. The Morgan fingerprint density at radius 2 is 2.09 bits per heavy atom. The zero-order valence-electron chi connectivity index (χ0n) is 12.4. The van der Waals surface area contributed by atoms with E-state index in [1.807, 2.05) is 0 Å². The van der Waals surface area contributed by atoms with Gasteiger partial charge in [0.05, 0.1) is 13.1 Å². The molecule has 7 nitrogen and oxygen atoms in total. The predicted molar refractivity (Wildman–Crippen MR) is 78.7 cm³/mol. The lowest BCUT2D eigenvalue weighted by atomic mass is 10.2. The van der Waals surface area contributed by atoms with Crippen LogP contribution < -0.4 is 14.6 Å². The number of carbonyl (C=O) groups excluding carboxylic acids is 1. The van der Waals surface area contributed by atoms with E-state index in [4.69, 9.17) is 9.47 Å². The van der Waals surface area contributed by atoms with Gasteiger partial charge in [0.25, 0.3) is 0 Å². The highest BCUT2D eigenvalue weighted by molar-refractivity contribution is 7.89. The maximum absolute atomic E-state index is 12.3. The smallest absolute Gasteiger partial charge is 0.244 e. The number of carboxylic acid groups (broad SMARTS) is 1. The fourth-order valence-electron chi connectivity index (χ4n) is 1.67. The Morgan fingerprint density at radius 1 is 1.36 bits per heavy atom. The van der Waals surface area contributed by atoms with Crippen LogP contribution in [0.3, 0.4) is 0 Å². The van der Waals surface area contributed by atoms with Crippen LogP contribution in [0.4, 0.5) is 0 Å². The molecular weight excluding hydrogens is 310 g/mol. The van der Waals surface area contributed by atoms with E-state index in [0.29, 0.717) is 18.6 Å². The molecule has 0 bridgehead atoms. The second-order valence-electron chi connectivity index (χ2n) is 4.31. The molecule has 0 aliphatic rings. The van der Waals surface area contributed by atoms with Crippen LogP contribution in [0.15, 0.2) is 29.2 Å². The average Bonchev–Trinajstić information content (AvgIpc) is 2.49. The lowest BCUT2D eigenvalue weighted by molar-refractivity contribution is -0.297. The molecule has 0 heterocycles. The Hall–Kier alpha value is -1.90. The number of sulfonamides is 1. The first-order valence-corrected chi connectivity index (χ1v) is 7.94. The molecule has 0 aliphatic carbocycles. The predicted octanol–water partition coefficient (Wildman–Crippen LogP) is -0.227. The molecule has 0 amide bonds. The minimum Gasteiger partial charge on any atom is -0.545 e. The third kappa shape index (κ3) is 5.47. The highest BCUT2D eigenvalue weighted by atomic mass is 32.2. The Labute approximate surface area is 129 Å². The summed E-state index contributed by atoms with van der Waals surface area (Å²) in [7, 11) is -0.883. The second kappa shape index (κ2) is 8.52. The molecule has 0 saturated carbocycles. The van der Waals surface area contributed by atoms with Gasteiger partial charge in [-0.2, -0.15) is 0 Å². The van der Waals surface area contributed by atoms with Crippen LogP contribution in [0.5, 0.6) is 5.75 Å². The summed E-state index contributed by atoms with van der Waals surface area (Å²) in [5, 5.41) is 10.4. The standard InChI is InChI=1S/C14H19NO6S/c1-20-9-3-8-15-22(18,19)13-10-11(5-7-14(16)17)4-6-12(13)21-2/h4-7,10,15H,3,8-9H2,1-2H3,(H,16,17)/p-1/b7-5+. The topological polar surface area (TPSA) is 105 Å². The molecular formula is C14H18NO6S-. The van der Waals surface area contributed by atoms with E-state index in [9.17, 15) is 18.3 Å². The van der Waals surface area contributed by atoms with E-state index < -0.39 is 16.0 Å². The Balaban J connectivity index is 3.03. The van der Waals surface area contributed by atoms with Gasteiger partial charge in [0, 0.05) is 20.3 Å². The fourth-order valence-corrected chi connectivity index (χ4v) is 2.95. The minimum atomic E-state index is -3.77. The van der Waals surface area contributed by atoms with Crippen molar-refractivity contribution in [3.63, 3.8) is 0 Å². The summed E-state index contributed by atoms with van der Waals surface area (Å²) in [4.78, 5) is 10.4. The molecule has 1 N–H and O–H groups in total. The van der Waals surface area contributed by atoms with Crippen molar-refractivity contribution in [3.05, 3.63) is 29.8 Å². The van der Waals surface area contributed by atoms with Gasteiger partial charge in [-0.3, -0.25) is 0 Å². The van der Waals surface area contributed by atoms with Crippen molar-refractivity contribution in [1.29, 1.82) is 0 Å². The number of methoxy groups -OCH3 is 2. The van der Waals surface area contributed by atoms with Gasteiger partial charge >= 0.3 is 0 Å². The molecule has 122 valence electrons. The molecule has 1 aromatic carbocycles. The summed E-state index contributed by atoms with van der Waals surface area (Å²) >= 11 is 0. The Kier molecular flexibility index (Phi) is 7.03. The number of aliphatic carboxylic acids is 1. The highest BCUT2D eigenvalue weighted by Gasteiger charge is 2.19. The van der Waals surface area contributed by atoms with Crippen LogP contribution >= 0.6 is 0 Å². The van der Waals surface area contributed by atoms with Crippen molar-refractivity contribution in [1.82, 2.24) is 4.72 Å². The van der Waals surface area contributed by atoms with E-state index in [1.54, 1.807) is 6.07 Å². The minimum absolute atomic E-state index is 0.0621. The monoisotopic (exact) mass is 328 g/mol. The largest absolute Gasteiger partial charge is 0.545 e. The quantitative estimate of drug-likeness (QED) is 0.496. The van der Waals surface area contributed by atoms with Gasteiger partial charge in [-0.25, -0.2) is 13.1 Å². The molecule has 8 heteroatoms. The summed E-state index contributed by atoms with van der Waals surface area (Å²) in [5.74, 6) is -1.19. The molecule has 1 aromatic rings. The molecule has 0 radical (unpaired) electrons. The zero-order chi connectivity index (χ0) is 16.6. The summed E-state index contributed by atoms with van der Waals surface area (Å²) in [6.45, 7) is 0.659. The van der Waals surface area contributed by atoms with Gasteiger partial charge in [0.2, 0.25) is 10.0 Å². The molecule has 0 fully saturated rings. The average molecular weight is 328 g/mol. The number of carboxylic acids is 1. The van der Waals surface area contributed by atoms with E-state index in [2.05, 4.69) is 4.72 Å². The molecule has 1 rings (SSSR count). The normalized spacial score (nSPS) is 11.7. The summed E-state index contributed by atoms with van der Waals surface area (Å²) < 4.78 is 36.9. The van der Waals surface area contributed by atoms with E-state index in [1.165, 1.54) is 32.4 Å². The molecule has 22 heavy (non-hydrogen) atoms. The number of carbonyl (C=O) groups is 1. The maximum atomic E-state index is 12.3. The molecule has 0 atom stereocenters. The maximum Gasteiger partial charge on any atom is 0.244 e. The number of rotatable bonds is 9. The molecule has 0 spiro atoms. The molecule has 0 unspecified atom stereocenters. The number of nitrogens with one attached hydrogen (secondary N) is 1. The van der Waals surface area contributed by atoms with Crippen molar-refractivity contribution in [2.45, 2.75) is 11.3 Å².